The Balaban J connectivity index is 2.40. The van der Waals surface area contributed by atoms with Gasteiger partial charge in [0.05, 0.1) is 11.3 Å². The van der Waals surface area contributed by atoms with Crippen molar-refractivity contribution in [2.75, 3.05) is 6.54 Å². The first-order valence-corrected chi connectivity index (χ1v) is 8.96. The molecule has 3 nitrogen and oxygen atoms in total. The van der Waals surface area contributed by atoms with Gasteiger partial charge in [0.15, 0.2) is 0 Å². The first kappa shape index (κ1) is 17.5. The van der Waals surface area contributed by atoms with Crippen LogP contribution in [0, 0.1) is 12.3 Å². The standard InChI is InChI=1S/C17H30BN3S/c1-11(2)15-14(12(3)20(6)19-15)16(22)21-9-7-8-13(21)17(4,5)10-18/h11,13H,7-10,18H2,1-6H3. The van der Waals surface area contributed by atoms with Gasteiger partial charge < -0.3 is 4.90 Å². The van der Waals surface area contributed by atoms with Crippen molar-refractivity contribution in [2.45, 2.75) is 65.7 Å². The van der Waals surface area contributed by atoms with E-state index in [-0.39, 0.29) is 0 Å². The van der Waals surface area contributed by atoms with E-state index in [1.165, 1.54) is 30.4 Å². The number of likely N-dealkylation sites (tertiary alicyclic amines) is 1. The molecule has 5 heteroatoms. The van der Waals surface area contributed by atoms with Crippen LogP contribution in [0.1, 0.15) is 63.4 Å². The quantitative estimate of drug-likeness (QED) is 0.629. The SMILES string of the molecule is BCC(C)(C)C1CCCN1C(=S)c1c(C(C)C)nn(C)c1C. The van der Waals surface area contributed by atoms with Crippen molar-refractivity contribution >= 4 is 25.1 Å². The summed E-state index contributed by atoms with van der Waals surface area (Å²) < 4.78 is 1.98. The van der Waals surface area contributed by atoms with Crippen LogP contribution in [0.4, 0.5) is 0 Å². The lowest BCUT2D eigenvalue weighted by atomic mass is 9.73. The minimum Gasteiger partial charge on any atom is -0.359 e. The highest BCUT2D eigenvalue weighted by Crippen LogP contribution is 2.37. The van der Waals surface area contributed by atoms with E-state index < -0.39 is 0 Å². The molecule has 1 aromatic rings. The van der Waals surface area contributed by atoms with E-state index in [2.05, 4.69) is 47.4 Å². The Labute approximate surface area is 141 Å². The predicted molar refractivity (Wildman–Crippen MR) is 101 cm³/mol. The minimum atomic E-state index is 0.300. The molecule has 0 N–H and O–H groups in total. The van der Waals surface area contributed by atoms with Gasteiger partial charge in [-0.05, 0) is 31.1 Å². The number of aryl methyl sites for hydroxylation is 1. The predicted octanol–water partition coefficient (Wildman–Crippen LogP) is 3.07. The van der Waals surface area contributed by atoms with Crippen LogP contribution in [0.15, 0.2) is 0 Å². The summed E-state index contributed by atoms with van der Waals surface area (Å²) in [5.74, 6) is 0.396. The molecule has 1 aromatic heterocycles. The lowest BCUT2D eigenvalue weighted by molar-refractivity contribution is 0.211. The Morgan fingerprint density at radius 1 is 1.45 bits per heavy atom. The maximum atomic E-state index is 5.95. The van der Waals surface area contributed by atoms with Crippen molar-refractivity contribution in [3.05, 3.63) is 17.0 Å². The van der Waals surface area contributed by atoms with Gasteiger partial charge in [0.1, 0.15) is 12.8 Å². The number of nitrogens with zero attached hydrogens (tertiary/aromatic N) is 3. The van der Waals surface area contributed by atoms with E-state index in [1.54, 1.807) is 0 Å². The summed E-state index contributed by atoms with van der Waals surface area (Å²) in [5, 5.41) is 4.71. The number of rotatable bonds is 4. The molecule has 2 heterocycles. The summed E-state index contributed by atoms with van der Waals surface area (Å²) in [7, 11) is 4.30. The lowest BCUT2D eigenvalue weighted by Gasteiger charge is -2.39. The van der Waals surface area contributed by atoms with Gasteiger partial charge in [-0.1, -0.05) is 46.2 Å². The molecule has 122 valence electrons. The Morgan fingerprint density at radius 2 is 2.09 bits per heavy atom. The molecule has 1 aliphatic rings. The third-order valence-corrected chi connectivity index (χ3v) is 5.89. The molecule has 0 aliphatic carbocycles. The van der Waals surface area contributed by atoms with Gasteiger partial charge >= 0.3 is 0 Å². The van der Waals surface area contributed by atoms with Crippen LogP contribution in [0.3, 0.4) is 0 Å². The number of hydrogen-bond donors (Lipinski definition) is 0. The largest absolute Gasteiger partial charge is 0.359 e. The molecule has 1 atom stereocenters. The summed E-state index contributed by atoms with van der Waals surface area (Å²) in [5.41, 5.74) is 3.83. The van der Waals surface area contributed by atoms with Gasteiger partial charge in [0, 0.05) is 25.3 Å². The molecule has 2 rings (SSSR count). The third-order valence-electron chi connectivity index (χ3n) is 5.45. The number of hydrogen-bond acceptors (Lipinski definition) is 2. The molecule has 0 aromatic carbocycles. The van der Waals surface area contributed by atoms with Gasteiger partial charge in [-0.25, -0.2) is 0 Å². The monoisotopic (exact) mass is 319 g/mol. The van der Waals surface area contributed by atoms with E-state index in [4.69, 9.17) is 17.3 Å². The van der Waals surface area contributed by atoms with Crippen LogP contribution in [-0.4, -0.2) is 40.1 Å². The van der Waals surface area contributed by atoms with Crippen LogP contribution < -0.4 is 0 Å². The fourth-order valence-electron chi connectivity index (χ4n) is 3.50. The van der Waals surface area contributed by atoms with Crippen LogP contribution in [0.5, 0.6) is 0 Å². The Bertz CT molecular complexity index is 562. The fourth-order valence-corrected chi connectivity index (χ4v) is 3.97. The normalized spacial score (nSPS) is 19.2. The molecular formula is C17H30BN3S. The molecule has 0 saturated carbocycles. The van der Waals surface area contributed by atoms with Crippen LogP contribution in [0.2, 0.25) is 6.32 Å². The third kappa shape index (κ3) is 2.97. The molecule has 1 fully saturated rings. The first-order chi connectivity index (χ1) is 10.2. The lowest BCUT2D eigenvalue weighted by Crippen LogP contribution is -2.44. The molecule has 0 spiro atoms. The number of thiocarbonyl (C=S) groups is 1. The topological polar surface area (TPSA) is 21.1 Å². The maximum Gasteiger partial charge on any atom is 0.113 e. The highest BCUT2D eigenvalue weighted by molar-refractivity contribution is 7.80. The maximum absolute atomic E-state index is 5.95. The second-order valence-electron chi connectivity index (χ2n) is 7.62. The van der Waals surface area contributed by atoms with Crippen molar-refractivity contribution in [1.29, 1.82) is 0 Å². The van der Waals surface area contributed by atoms with E-state index in [0.29, 0.717) is 17.4 Å². The Hall–Kier alpha value is -0.835. The van der Waals surface area contributed by atoms with Gasteiger partial charge in [-0.2, -0.15) is 5.10 Å². The fraction of sp³-hybridized carbons (Fsp3) is 0.765. The highest BCUT2D eigenvalue weighted by Gasteiger charge is 2.38. The summed E-state index contributed by atoms with van der Waals surface area (Å²) in [4.78, 5) is 3.49. The summed E-state index contributed by atoms with van der Waals surface area (Å²) in [6.45, 7) is 12.4. The molecule has 0 radical (unpaired) electrons. The average molecular weight is 319 g/mol. The smallest absolute Gasteiger partial charge is 0.113 e. The number of aromatic nitrogens is 2. The highest BCUT2D eigenvalue weighted by atomic mass is 32.1. The zero-order valence-electron chi connectivity index (χ0n) is 15.2. The molecule has 1 aliphatic heterocycles. The average Bonchev–Trinajstić information content (AvgIpc) is 3.05. The molecule has 0 bridgehead atoms. The Kier molecular flexibility index (Phi) is 5.05. The Morgan fingerprint density at radius 3 is 2.64 bits per heavy atom. The molecule has 1 unspecified atom stereocenters. The first-order valence-electron chi connectivity index (χ1n) is 8.55. The van der Waals surface area contributed by atoms with Crippen LogP contribution in [-0.2, 0) is 7.05 Å². The second-order valence-corrected chi connectivity index (χ2v) is 8.01. The van der Waals surface area contributed by atoms with Gasteiger partial charge in [-0.3, -0.25) is 4.68 Å². The van der Waals surface area contributed by atoms with Crippen molar-refractivity contribution in [2.24, 2.45) is 12.5 Å². The summed E-state index contributed by atoms with van der Waals surface area (Å²) in [6, 6.07) is 0.546. The minimum absolute atomic E-state index is 0.300. The van der Waals surface area contributed by atoms with Gasteiger partial charge in [0.25, 0.3) is 0 Å². The second kappa shape index (κ2) is 6.35. The van der Waals surface area contributed by atoms with Gasteiger partial charge in [0.2, 0.25) is 0 Å². The van der Waals surface area contributed by atoms with Crippen molar-refractivity contribution in [3.63, 3.8) is 0 Å². The summed E-state index contributed by atoms with van der Waals surface area (Å²) in [6.07, 6.45) is 3.67. The van der Waals surface area contributed by atoms with Crippen LogP contribution in [0.25, 0.3) is 0 Å². The van der Waals surface area contributed by atoms with E-state index in [1.807, 2.05) is 11.7 Å². The zero-order chi connectivity index (χ0) is 16.7. The van der Waals surface area contributed by atoms with E-state index in [0.717, 1.165) is 17.2 Å². The molecular weight excluding hydrogens is 289 g/mol. The van der Waals surface area contributed by atoms with Crippen LogP contribution >= 0.6 is 12.2 Å². The zero-order valence-corrected chi connectivity index (χ0v) is 16.0. The van der Waals surface area contributed by atoms with E-state index in [9.17, 15) is 0 Å². The van der Waals surface area contributed by atoms with Gasteiger partial charge in [-0.15, -0.1) is 0 Å². The van der Waals surface area contributed by atoms with Crippen molar-refractivity contribution in [3.8, 4) is 0 Å². The van der Waals surface area contributed by atoms with E-state index >= 15 is 0 Å². The molecule has 22 heavy (non-hydrogen) atoms. The van der Waals surface area contributed by atoms with Crippen molar-refractivity contribution in [1.82, 2.24) is 14.7 Å². The molecule has 0 amide bonds. The van der Waals surface area contributed by atoms with Crippen molar-refractivity contribution < 1.29 is 0 Å². The molecule has 1 saturated heterocycles. The summed E-state index contributed by atoms with van der Waals surface area (Å²) >= 11 is 5.95.